The molecule has 1 spiro atoms. The molecule has 8 heteroatoms. The predicted molar refractivity (Wildman–Crippen MR) is 107 cm³/mol. The van der Waals surface area contributed by atoms with Crippen LogP contribution in [-0.2, 0) is 10.3 Å². The van der Waals surface area contributed by atoms with Crippen LogP contribution in [0.2, 0.25) is 5.15 Å². The van der Waals surface area contributed by atoms with Gasteiger partial charge in [-0.2, -0.15) is 4.39 Å². The molecule has 2 aliphatic heterocycles. The number of benzene rings is 1. The summed E-state index contributed by atoms with van der Waals surface area (Å²) in [5.74, 6) is 0.907. The van der Waals surface area contributed by atoms with Crippen LogP contribution >= 0.6 is 11.6 Å². The molecule has 5 rings (SSSR count). The second-order valence-electron chi connectivity index (χ2n) is 7.01. The number of hydrogen-bond acceptors (Lipinski definition) is 6. The average Bonchev–Trinajstić information content (AvgIpc) is 2.72. The Bertz CT molecular complexity index is 1170. The highest BCUT2D eigenvalue weighted by molar-refractivity contribution is 6.29. The monoisotopic (exact) mass is 410 g/mol. The highest BCUT2D eigenvalue weighted by Crippen LogP contribution is 2.51. The zero-order valence-corrected chi connectivity index (χ0v) is 16.2. The molecule has 4 heterocycles. The number of halogens is 2. The molecule has 29 heavy (non-hydrogen) atoms. The third kappa shape index (κ3) is 2.77. The minimum atomic E-state index is -0.971. The number of hydrogen-bond donors (Lipinski definition) is 1. The number of ether oxygens (including phenoxy) is 2. The van der Waals surface area contributed by atoms with E-state index in [9.17, 15) is 4.39 Å². The van der Waals surface area contributed by atoms with E-state index in [4.69, 9.17) is 31.8 Å². The maximum Gasteiger partial charge on any atom is 0.220 e. The van der Waals surface area contributed by atoms with Crippen LogP contribution in [0.5, 0.6) is 11.5 Å². The highest BCUT2D eigenvalue weighted by Gasteiger charge is 2.46. The molecule has 0 bridgehead atoms. The zero-order valence-electron chi connectivity index (χ0n) is 15.4. The molecule has 1 aromatic carbocycles. The van der Waals surface area contributed by atoms with E-state index >= 15 is 0 Å². The summed E-state index contributed by atoms with van der Waals surface area (Å²) in [5, 5.41) is 0.303. The Kier molecular flexibility index (Phi) is 4.04. The Morgan fingerprint density at radius 1 is 1.17 bits per heavy atom. The van der Waals surface area contributed by atoms with E-state index < -0.39 is 11.5 Å². The van der Waals surface area contributed by atoms with E-state index in [1.54, 1.807) is 36.5 Å². The summed E-state index contributed by atoms with van der Waals surface area (Å²) in [5.41, 5.74) is 7.64. The van der Waals surface area contributed by atoms with E-state index in [0.29, 0.717) is 44.7 Å². The second kappa shape index (κ2) is 6.50. The number of pyridine rings is 2. The summed E-state index contributed by atoms with van der Waals surface area (Å²) in [4.78, 5) is 12.7. The number of rotatable bonds is 1. The van der Waals surface area contributed by atoms with Crippen LogP contribution < -0.4 is 10.5 Å². The summed E-state index contributed by atoms with van der Waals surface area (Å²) in [6.07, 6.45) is 2.65. The molecule has 2 N–H and O–H groups in total. The van der Waals surface area contributed by atoms with E-state index in [0.717, 1.165) is 0 Å². The molecule has 0 radical (unpaired) electrons. The maximum absolute atomic E-state index is 14.3. The van der Waals surface area contributed by atoms with Crippen LogP contribution in [0.3, 0.4) is 0 Å². The molecule has 0 amide bonds. The van der Waals surface area contributed by atoms with Crippen molar-refractivity contribution in [2.45, 2.75) is 18.6 Å². The largest absolute Gasteiger partial charge is 0.455 e. The van der Waals surface area contributed by atoms with Gasteiger partial charge in [-0.1, -0.05) is 17.7 Å². The van der Waals surface area contributed by atoms with Crippen molar-refractivity contribution >= 4 is 17.4 Å². The Hall–Kier alpha value is -3.03. The van der Waals surface area contributed by atoms with Gasteiger partial charge in [-0.25, -0.2) is 9.97 Å². The van der Waals surface area contributed by atoms with Gasteiger partial charge in [0.2, 0.25) is 5.95 Å². The second-order valence-corrected chi connectivity index (χ2v) is 7.40. The number of nitrogens with zero attached hydrogens (tertiary/aromatic N) is 3. The Balaban J connectivity index is 1.78. The molecule has 6 nitrogen and oxygen atoms in total. The number of aromatic nitrogens is 2. The molecule has 0 fully saturated rings. The smallest absolute Gasteiger partial charge is 0.220 e. The molecule has 0 saturated carbocycles. The van der Waals surface area contributed by atoms with Crippen molar-refractivity contribution in [3.05, 3.63) is 71.0 Å². The molecule has 2 aromatic heterocycles. The molecular weight excluding hydrogens is 395 g/mol. The van der Waals surface area contributed by atoms with Crippen LogP contribution in [0.1, 0.15) is 18.1 Å². The Morgan fingerprint density at radius 2 is 2.00 bits per heavy atom. The maximum atomic E-state index is 14.3. The molecule has 2 atom stereocenters. The van der Waals surface area contributed by atoms with Gasteiger partial charge in [-0.15, -0.1) is 0 Å². The minimum Gasteiger partial charge on any atom is -0.455 e. The van der Waals surface area contributed by atoms with Gasteiger partial charge in [0.05, 0.1) is 12.8 Å². The first-order chi connectivity index (χ1) is 14.0. The van der Waals surface area contributed by atoms with Gasteiger partial charge >= 0.3 is 0 Å². The summed E-state index contributed by atoms with van der Waals surface area (Å²) in [6, 6.07) is 10.5. The first kappa shape index (κ1) is 18.0. The fourth-order valence-corrected chi connectivity index (χ4v) is 3.90. The quantitative estimate of drug-likeness (QED) is 0.612. The highest BCUT2D eigenvalue weighted by atomic mass is 35.5. The third-order valence-corrected chi connectivity index (χ3v) is 5.48. The molecule has 0 unspecified atom stereocenters. The van der Waals surface area contributed by atoms with Gasteiger partial charge in [0.25, 0.3) is 0 Å². The van der Waals surface area contributed by atoms with Crippen molar-refractivity contribution in [2.24, 2.45) is 10.7 Å². The van der Waals surface area contributed by atoms with Crippen LogP contribution in [-0.4, -0.2) is 28.5 Å². The summed E-state index contributed by atoms with van der Waals surface area (Å²) in [7, 11) is 0. The third-order valence-electron chi connectivity index (χ3n) is 5.27. The van der Waals surface area contributed by atoms with Crippen molar-refractivity contribution in [3.63, 3.8) is 0 Å². The number of amidine groups is 1. The lowest BCUT2D eigenvalue weighted by Crippen LogP contribution is -2.45. The lowest BCUT2D eigenvalue weighted by molar-refractivity contribution is 0.0586. The van der Waals surface area contributed by atoms with Gasteiger partial charge in [-0.05, 0) is 42.8 Å². The zero-order chi connectivity index (χ0) is 20.2. The van der Waals surface area contributed by atoms with Crippen molar-refractivity contribution in [1.29, 1.82) is 0 Å². The SMILES string of the molecule is C[C@@H]1OC[C@@]2(N=C1N)c1cc(-c3cccnc3F)ccc1Oc1cnc(Cl)cc12. The summed E-state index contributed by atoms with van der Waals surface area (Å²) < 4.78 is 26.3. The van der Waals surface area contributed by atoms with Crippen molar-refractivity contribution in [3.8, 4) is 22.6 Å². The van der Waals surface area contributed by atoms with Crippen LogP contribution in [0.4, 0.5) is 4.39 Å². The van der Waals surface area contributed by atoms with Crippen LogP contribution in [0.25, 0.3) is 11.1 Å². The average molecular weight is 411 g/mol. The minimum absolute atomic E-state index is 0.234. The summed E-state index contributed by atoms with van der Waals surface area (Å²) >= 11 is 6.17. The lowest BCUT2D eigenvalue weighted by atomic mass is 9.80. The predicted octanol–water partition coefficient (Wildman–Crippen LogP) is 4.06. The fraction of sp³-hybridized carbons (Fsp3) is 0.190. The molecular formula is C21H16ClFN4O2. The molecule has 0 saturated heterocycles. The van der Waals surface area contributed by atoms with Crippen molar-refractivity contribution < 1.29 is 13.9 Å². The van der Waals surface area contributed by atoms with E-state index in [-0.39, 0.29) is 12.7 Å². The lowest BCUT2D eigenvalue weighted by Gasteiger charge is -2.40. The van der Waals surface area contributed by atoms with E-state index in [2.05, 4.69) is 9.97 Å². The first-order valence-electron chi connectivity index (χ1n) is 9.04. The van der Waals surface area contributed by atoms with Crippen LogP contribution in [0.15, 0.2) is 53.8 Å². The molecule has 2 aliphatic rings. The number of fused-ring (bicyclic) bond motifs is 4. The Morgan fingerprint density at radius 3 is 2.79 bits per heavy atom. The van der Waals surface area contributed by atoms with Crippen molar-refractivity contribution in [1.82, 2.24) is 9.97 Å². The van der Waals surface area contributed by atoms with Gasteiger partial charge < -0.3 is 15.2 Å². The molecule has 3 aromatic rings. The van der Waals surface area contributed by atoms with Gasteiger partial charge in [-0.3, -0.25) is 4.99 Å². The van der Waals surface area contributed by atoms with E-state index in [1.165, 1.54) is 6.20 Å². The van der Waals surface area contributed by atoms with Gasteiger partial charge in [0.15, 0.2) is 5.75 Å². The van der Waals surface area contributed by atoms with Crippen molar-refractivity contribution in [2.75, 3.05) is 6.61 Å². The number of aliphatic imine (C=N–C) groups is 1. The van der Waals surface area contributed by atoms with E-state index in [1.807, 2.05) is 13.0 Å². The summed E-state index contributed by atoms with van der Waals surface area (Å²) in [6.45, 7) is 2.07. The molecule has 146 valence electrons. The van der Waals surface area contributed by atoms with Gasteiger partial charge in [0, 0.05) is 22.9 Å². The number of nitrogens with two attached hydrogens (primary N) is 1. The molecule has 0 aliphatic carbocycles. The normalized spacial score (nSPS) is 22.4. The fourth-order valence-electron chi connectivity index (χ4n) is 3.75. The topological polar surface area (TPSA) is 82.6 Å². The Labute approximate surface area is 171 Å². The van der Waals surface area contributed by atoms with Crippen LogP contribution in [0, 0.1) is 5.95 Å². The first-order valence-corrected chi connectivity index (χ1v) is 9.42. The van der Waals surface area contributed by atoms with Gasteiger partial charge in [0.1, 0.15) is 28.4 Å². The standard InChI is InChI=1S/C21H16ClFN4O2/c1-11-20(24)27-21(10-28-11)14-7-12(13-3-2-6-25-19(13)23)4-5-16(14)29-17-9-26-18(22)8-15(17)21/h2-9,11H,10H2,1H3,(H2,24,27)/t11-,21+/m0/s1.